The molecule has 0 aliphatic carbocycles. The van der Waals surface area contributed by atoms with E-state index < -0.39 is 0 Å². The number of aryl methyl sites for hydroxylation is 2. The first-order valence-electron chi connectivity index (χ1n) is 8.17. The highest BCUT2D eigenvalue weighted by Crippen LogP contribution is 2.24. The molecule has 1 aliphatic heterocycles. The molecule has 2 aromatic rings. The topological polar surface area (TPSA) is 38.1 Å². The molecule has 23 heavy (non-hydrogen) atoms. The van der Waals surface area contributed by atoms with Crippen molar-refractivity contribution in [2.75, 3.05) is 18.8 Å². The Bertz CT molecular complexity index is 689. The van der Waals surface area contributed by atoms with Crippen molar-refractivity contribution in [1.82, 2.24) is 14.5 Å². The Kier molecular flexibility index (Phi) is 5.06. The second-order valence-corrected chi connectivity index (χ2v) is 7.04. The first-order chi connectivity index (χ1) is 11.1. The number of likely N-dealkylation sites (tertiary alicyclic amines) is 1. The van der Waals surface area contributed by atoms with Crippen molar-refractivity contribution in [3.63, 3.8) is 0 Å². The molecule has 3 rings (SSSR count). The van der Waals surface area contributed by atoms with Crippen LogP contribution in [0.15, 0.2) is 35.7 Å². The molecule has 0 spiro atoms. The molecule has 5 heteroatoms. The van der Waals surface area contributed by atoms with Crippen LogP contribution in [0.1, 0.15) is 30.4 Å². The molecule has 1 aromatic heterocycles. The Balaban J connectivity index is 1.70. The number of hydrogen-bond acceptors (Lipinski definition) is 3. The number of carbonyl (C=O) groups excluding carboxylic acids is 1. The zero-order valence-electron chi connectivity index (χ0n) is 13.8. The number of rotatable bonds is 4. The Morgan fingerprint density at radius 3 is 2.74 bits per heavy atom. The molecule has 1 saturated heterocycles. The molecule has 1 aromatic carbocycles. The number of piperidine rings is 1. The minimum atomic E-state index is 0.227. The quantitative estimate of drug-likeness (QED) is 0.805. The lowest BCUT2D eigenvalue weighted by atomic mass is 10.1. The second kappa shape index (κ2) is 7.21. The van der Waals surface area contributed by atoms with Crippen molar-refractivity contribution < 1.29 is 4.79 Å². The second-order valence-electron chi connectivity index (χ2n) is 6.10. The Morgan fingerprint density at radius 2 is 2.00 bits per heavy atom. The number of carbonyl (C=O) groups is 1. The predicted molar refractivity (Wildman–Crippen MR) is 94.2 cm³/mol. The van der Waals surface area contributed by atoms with Gasteiger partial charge in [-0.3, -0.25) is 9.36 Å². The molecule has 0 bridgehead atoms. The molecule has 0 saturated carbocycles. The van der Waals surface area contributed by atoms with Crippen molar-refractivity contribution in [2.24, 2.45) is 0 Å². The Morgan fingerprint density at radius 1 is 1.22 bits per heavy atom. The molecule has 0 unspecified atom stereocenters. The third-order valence-corrected chi connectivity index (χ3v) is 5.20. The number of aromatic nitrogens is 2. The van der Waals surface area contributed by atoms with Gasteiger partial charge in [-0.25, -0.2) is 4.98 Å². The highest BCUT2D eigenvalue weighted by atomic mass is 32.2. The number of nitrogens with zero attached hydrogens (tertiary/aromatic N) is 3. The molecule has 4 nitrogen and oxygen atoms in total. The summed E-state index contributed by atoms with van der Waals surface area (Å²) in [6, 6.07) is 6.39. The predicted octanol–water partition coefficient (Wildman–Crippen LogP) is 3.59. The van der Waals surface area contributed by atoms with E-state index in [4.69, 9.17) is 0 Å². The van der Waals surface area contributed by atoms with Crippen LogP contribution in [0.5, 0.6) is 0 Å². The van der Waals surface area contributed by atoms with Gasteiger partial charge in [0.15, 0.2) is 5.16 Å². The number of hydrogen-bond donors (Lipinski definition) is 0. The van der Waals surface area contributed by atoms with E-state index >= 15 is 0 Å². The number of thioether (sulfide) groups is 1. The Labute approximate surface area is 141 Å². The summed E-state index contributed by atoms with van der Waals surface area (Å²) < 4.78 is 2.07. The minimum Gasteiger partial charge on any atom is -0.342 e. The highest BCUT2D eigenvalue weighted by Gasteiger charge is 2.18. The number of amides is 1. The largest absolute Gasteiger partial charge is 0.342 e. The van der Waals surface area contributed by atoms with Gasteiger partial charge in [-0.2, -0.15) is 0 Å². The maximum Gasteiger partial charge on any atom is 0.233 e. The molecular formula is C18H23N3OS. The maximum absolute atomic E-state index is 12.3. The third-order valence-electron chi connectivity index (χ3n) is 4.25. The zero-order valence-corrected chi connectivity index (χ0v) is 14.6. The first kappa shape index (κ1) is 16.1. The fourth-order valence-corrected chi connectivity index (χ4v) is 3.89. The van der Waals surface area contributed by atoms with Crippen LogP contribution < -0.4 is 0 Å². The average Bonchev–Trinajstić information content (AvgIpc) is 3.01. The van der Waals surface area contributed by atoms with E-state index in [9.17, 15) is 4.79 Å². The van der Waals surface area contributed by atoms with Gasteiger partial charge in [0.05, 0.1) is 11.4 Å². The SMILES string of the molecule is Cc1ccc(-n2ccnc2SCC(=O)N2CCCCC2)c(C)c1. The van der Waals surface area contributed by atoms with Crippen molar-refractivity contribution >= 4 is 17.7 Å². The summed E-state index contributed by atoms with van der Waals surface area (Å²) in [6.45, 7) is 6.02. The van der Waals surface area contributed by atoms with Crippen LogP contribution in [-0.2, 0) is 4.79 Å². The van der Waals surface area contributed by atoms with Crippen LogP contribution in [0.4, 0.5) is 0 Å². The van der Waals surface area contributed by atoms with E-state index in [1.165, 1.54) is 29.3 Å². The van der Waals surface area contributed by atoms with Gasteiger partial charge in [0.2, 0.25) is 5.91 Å². The molecule has 0 radical (unpaired) electrons. The minimum absolute atomic E-state index is 0.227. The van der Waals surface area contributed by atoms with Crippen LogP contribution in [0.3, 0.4) is 0 Å². The fourth-order valence-electron chi connectivity index (χ4n) is 3.02. The summed E-state index contributed by atoms with van der Waals surface area (Å²) in [5.41, 5.74) is 3.59. The summed E-state index contributed by atoms with van der Waals surface area (Å²) in [4.78, 5) is 18.7. The molecule has 1 fully saturated rings. The van der Waals surface area contributed by atoms with Crippen LogP contribution in [0, 0.1) is 13.8 Å². The van der Waals surface area contributed by atoms with Gasteiger partial charge in [0.1, 0.15) is 0 Å². The van der Waals surface area contributed by atoms with E-state index in [0.29, 0.717) is 5.75 Å². The molecule has 0 atom stereocenters. The zero-order chi connectivity index (χ0) is 16.2. The summed E-state index contributed by atoms with van der Waals surface area (Å²) in [5.74, 6) is 0.687. The average molecular weight is 329 g/mol. The van der Waals surface area contributed by atoms with Gasteiger partial charge in [-0.1, -0.05) is 29.5 Å². The normalized spacial score (nSPS) is 15.0. The first-order valence-corrected chi connectivity index (χ1v) is 9.15. The lowest BCUT2D eigenvalue weighted by Crippen LogP contribution is -2.36. The van der Waals surface area contributed by atoms with Crippen LogP contribution in [0.2, 0.25) is 0 Å². The third kappa shape index (κ3) is 3.78. The van der Waals surface area contributed by atoms with Crippen molar-refractivity contribution in [2.45, 2.75) is 38.3 Å². The van der Waals surface area contributed by atoms with E-state index in [2.05, 4.69) is 41.6 Å². The molecule has 2 heterocycles. The monoisotopic (exact) mass is 329 g/mol. The van der Waals surface area contributed by atoms with Crippen molar-refractivity contribution in [3.05, 3.63) is 41.7 Å². The van der Waals surface area contributed by atoms with Gasteiger partial charge < -0.3 is 4.90 Å². The van der Waals surface area contributed by atoms with Gasteiger partial charge in [-0.05, 0) is 44.7 Å². The van der Waals surface area contributed by atoms with Gasteiger partial charge >= 0.3 is 0 Å². The van der Waals surface area contributed by atoms with E-state index in [-0.39, 0.29) is 5.91 Å². The standard InChI is InChI=1S/C18H23N3OS/c1-14-6-7-16(15(2)12-14)21-11-8-19-18(21)23-13-17(22)20-9-4-3-5-10-20/h6-8,11-12H,3-5,9-10,13H2,1-2H3. The molecule has 0 N–H and O–H groups in total. The smallest absolute Gasteiger partial charge is 0.233 e. The lowest BCUT2D eigenvalue weighted by Gasteiger charge is -2.26. The molecule has 1 aliphatic rings. The van der Waals surface area contributed by atoms with E-state index in [0.717, 1.165) is 36.8 Å². The fraction of sp³-hybridized carbons (Fsp3) is 0.444. The van der Waals surface area contributed by atoms with Crippen LogP contribution in [0.25, 0.3) is 5.69 Å². The Hall–Kier alpha value is -1.75. The number of imidazole rings is 1. The summed E-state index contributed by atoms with van der Waals surface area (Å²) >= 11 is 1.52. The van der Waals surface area contributed by atoms with Gasteiger partial charge in [0.25, 0.3) is 0 Å². The van der Waals surface area contributed by atoms with E-state index in [1.807, 2.05) is 11.1 Å². The summed E-state index contributed by atoms with van der Waals surface area (Å²) in [7, 11) is 0. The molecular weight excluding hydrogens is 306 g/mol. The lowest BCUT2D eigenvalue weighted by molar-refractivity contribution is -0.129. The number of benzene rings is 1. The van der Waals surface area contributed by atoms with Crippen LogP contribution in [-0.4, -0.2) is 39.2 Å². The molecule has 122 valence electrons. The summed E-state index contributed by atoms with van der Waals surface area (Å²) in [5, 5.41) is 0.877. The van der Waals surface area contributed by atoms with Gasteiger partial charge in [0, 0.05) is 25.5 Å². The molecule has 1 amide bonds. The van der Waals surface area contributed by atoms with Crippen LogP contribution >= 0.6 is 11.8 Å². The maximum atomic E-state index is 12.3. The van der Waals surface area contributed by atoms with E-state index in [1.54, 1.807) is 6.20 Å². The van der Waals surface area contributed by atoms with Crippen molar-refractivity contribution in [1.29, 1.82) is 0 Å². The summed E-state index contributed by atoms with van der Waals surface area (Å²) in [6.07, 6.45) is 7.27. The highest BCUT2D eigenvalue weighted by molar-refractivity contribution is 7.99. The van der Waals surface area contributed by atoms with Gasteiger partial charge in [-0.15, -0.1) is 0 Å². The van der Waals surface area contributed by atoms with Crippen molar-refractivity contribution in [3.8, 4) is 5.69 Å².